The van der Waals surface area contributed by atoms with E-state index < -0.39 is 18.0 Å². The average molecular weight is 262 g/mol. The summed E-state index contributed by atoms with van der Waals surface area (Å²) in [5.74, 6) is 9.16. The highest BCUT2D eigenvalue weighted by molar-refractivity contribution is 5.68. The van der Waals surface area contributed by atoms with Crippen LogP contribution in [0.25, 0.3) is 0 Å². The number of allylic oxidation sites excluding steroid dienone is 1. The lowest BCUT2D eigenvalue weighted by Crippen LogP contribution is -2.03. The van der Waals surface area contributed by atoms with Crippen molar-refractivity contribution in [2.75, 3.05) is 0 Å². The highest BCUT2D eigenvalue weighted by Gasteiger charge is 2.04. The van der Waals surface area contributed by atoms with Gasteiger partial charge in [0.25, 0.3) is 0 Å². The third-order valence-corrected chi connectivity index (χ3v) is 2.57. The van der Waals surface area contributed by atoms with Crippen LogP contribution in [0.3, 0.4) is 0 Å². The molecule has 2 N–H and O–H groups in total. The number of rotatable bonds is 8. The summed E-state index contributed by atoms with van der Waals surface area (Å²) in [6.07, 6.45) is 5.85. The minimum atomic E-state index is -0.914. The van der Waals surface area contributed by atoms with Gasteiger partial charge in [-0.3, -0.25) is 4.79 Å². The molecule has 0 aromatic carbocycles. The van der Waals surface area contributed by atoms with Gasteiger partial charge in [0.15, 0.2) is 0 Å². The summed E-state index contributed by atoms with van der Waals surface area (Å²) in [5.41, 5.74) is 0. The summed E-state index contributed by atoms with van der Waals surface area (Å²) in [5, 5.41) is 18.2. The van der Waals surface area contributed by atoms with Gasteiger partial charge in [0.05, 0.1) is 6.42 Å². The lowest BCUT2D eigenvalue weighted by Gasteiger charge is -2.01. The van der Waals surface area contributed by atoms with Crippen molar-refractivity contribution in [3.8, 4) is 23.7 Å². The lowest BCUT2D eigenvalue weighted by atomic mass is 10.1. The van der Waals surface area contributed by atoms with Crippen LogP contribution in [-0.2, 0) is 4.79 Å². The largest absolute Gasteiger partial charge is 0.481 e. The summed E-state index contributed by atoms with van der Waals surface area (Å²) in [6, 6.07) is 0. The van der Waals surface area contributed by atoms with E-state index in [9.17, 15) is 9.90 Å². The zero-order valence-electron chi connectivity index (χ0n) is 11.5. The molecule has 0 aliphatic heterocycles. The van der Waals surface area contributed by atoms with Crippen molar-refractivity contribution in [1.29, 1.82) is 0 Å². The minimum absolute atomic E-state index is 0.0717. The molecule has 0 spiro atoms. The van der Waals surface area contributed by atoms with Gasteiger partial charge in [-0.2, -0.15) is 0 Å². The lowest BCUT2D eigenvalue weighted by molar-refractivity contribution is -0.137. The van der Waals surface area contributed by atoms with Crippen molar-refractivity contribution in [3.63, 3.8) is 0 Å². The molecule has 0 aliphatic carbocycles. The number of aliphatic carboxylic acids is 1. The topological polar surface area (TPSA) is 57.5 Å². The molecule has 0 radical (unpaired) electrons. The van der Waals surface area contributed by atoms with Crippen LogP contribution in [0.1, 0.15) is 45.4 Å². The van der Waals surface area contributed by atoms with Gasteiger partial charge in [-0.15, -0.1) is 6.58 Å². The molecule has 0 heterocycles. The maximum Gasteiger partial charge on any atom is 0.304 e. The molecule has 0 rings (SSSR count). The van der Waals surface area contributed by atoms with E-state index >= 15 is 0 Å². The number of aliphatic hydroxyl groups is 1. The molecule has 0 aromatic rings. The van der Waals surface area contributed by atoms with Gasteiger partial charge in [-0.1, -0.05) is 44.1 Å². The first-order chi connectivity index (χ1) is 9.10. The molecule has 19 heavy (non-hydrogen) atoms. The number of carboxylic acids is 1. The zero-order valence-corrected chi connectivity index (χ0v) is 11.5. The van der Waals surface area contributed by atoms with Crippen molar-refractivity contribution >= 4 is 5.97 Å². The second-order valence-electron chi connectivity index (χ2n) is 4.34. The monoisotopic (exact) mass is 262 g/mol. The normalized spacial score (nSPS) is 12.3. The predicted octanol–water partition coefficient (Wildman–Crippen LogP) is 2.60. The van der Waals surface area contributed by atoms with Crippen LogP contribution < -0.4 is 0 Å². The van der Waals surface area contributed by atoms with Crippen molar-refractivity contribution in [2.24, 2.45) is 5.92 Å². The molecule has 0 aromatic heterocycles. The van der Waals surface area contributed by atoms with Crippen LogP contribution in [0.4, 0.5) is 0 Å². The van der Waals surface area contributed by atoms with E-state index in [1.54, 1.807) is 0 Å². The quantitative estimate of drug-likeness (QED) is 0.401. The molecule has 0 fully saturated rings. The first kappa shape index (κ1) is 17.3. The van der Waals surface area contributed by atoms with Crippen LogP contribution in [0, 0.1) is 29.6 Å². The fourth-order valence-electron chi connectivity index (χ4n) is 1.47. The second kappa shape index (κ2) is 11.4. The molecule has 0 saturated carbocycles. The molecule has 104 valence electrons. The Bertz CT molecular complexity index is 390. The van der Waals surface area contributed by atoms with E-state index in [-0.39, 0.29) is 6.42 Å². The molecule has 0 bridgehead atoms. The second-order valence-corrected chi connectivity index (χ2v) is 4.34. The number of hydrogen-bond acceptors (Lipinski definition) is 2. The van der Waals surface area contributed by atoms with Gasteiger partial charge in [0.1, 0.15) is 6.10 Å². The van der Waals surface area contributed by atoms with Crippen molar-refractivity contribution < 1.29 is 15.0 Å². The van der Waals surface area contributed by atoms with Crippen LogP contribution in [-0.4, -0.2) is 22.3 Å². The number of aliphatic hydroxyl groups excluding tert-OH is 1. The number of carbonyl (C=O) groups is 1. The molecule has 0 unspecified atom stereocenters. The Morgan fingerprint density at radius 3 is 2.53 bits per heavy atom. The van der Waals surface area contributed by atoms with E-state index in [0.29, 0.717) is 6.42 Å². The van der Waals surface area contributed by atoms with E-state index in [0.717, 1.165) is 12.8 Å². The Morgan fingerprint density at radius 1 is 1.26 bits per heavy atom. The van der Waals surface area contributed by atoms with Gasteiger partial charge in [0, 0.05) is 5.92 Å². The first-order valence-corrected chi connectivity index (χ1v) is 6.63. The van der Waals surface area contributed by atoms with Crippen LogP contribution in [0.2, 0.25) is 0 Å². The summed E-state index contributed by atoms with van der Waals surface area (Å²) in [4.78, 5) is 10.5. The fourth-order valence-corrected chi connectivity index (χ4v) is 1.47. The smallest absolute Gasteiger partial charge is 0.304 e. The van der Waals surface area contributed by atoms with E-state index in [2.05, 4.69) is 37.2 Å². The summed E-state index contributed by atoms with van der Waals surface area (Å²) in [6.45, 7) is 5.66. The summed E-state index contributed by atoms with van der Waals surface area (Å²) < 4.78 is 0. The molecular formula is C16H22O3. The fraction of sp³-hybridized carbons (Fsp3) is 0.562. The Balaban J connectivity index is 4.07. The molecule has 0 amide bonds. The molecule has 3 nitrogen and oxygen atoms in total. The summed E-state index contributed by atoms with van der Waals surface area (Å²) >= 11 is 0. The average Bonchev–Trinajstić information content (AvgIpc) is 2.37. The van der Waals surface area contributed by atoms with Crippen LogP contribution in [0.15, 0.2) is 12.7 Å². The van der Waals surface area contributed by atoms with Crippen molar-refractivity contribution in [1.82, 2.24) is 0 Å². The van der Waals surface area contributed by atoms with E-state index in [4.69, 9.17) is 5.11 Å². The van der Waals surface area contributed by atoms with Crippen LogP contribution in [0.5, 0.6) is 0 Å². The van der Waals surface area contributed by atoms with Gasteiger partial charge in [0.2, 0.25) is 0 Å². The van der Waals surface area contributed by atoms with Gasteiger partial charge in [-0.25, -0.2) is 0 Å². The van der Waals surface area contributed by atoms with Gasteiger partial charge >= 0.3 is 5.97 Å². The summed E-state index contributed by atoms with van der Waals surface area (Å²) in [7, 11) is 0. The number of hydrogen-bond donors (Lipinski definition) is 2. The van der Waals surface area contributed by atoms with Crippen molar-refractivity contribution in [2.45, 2.75) is 51.6 Å². The first-order valence-electron chi connectivity index (χ1n) is 6.63. The Morgan fingerprint density at radius 2 is 1.95 bits per heavy atom. The third-order valence-electron chi connectivity index (χ3n) is 2.57. The number of carboxylic acid groups (broad SMARTS) is 1. The predicted molar refractivity (Wildman–Crippen MR) is 76.3 cm³/mol. The Hall–Kier alpha value is -1.71. The molecular weight excluding hydrogens is 240 g/mol. The third kappa shape index (κ3) is 11.1. The zero-order chi connectivity index (χ0) is 14.5. The van der Waals surface area contributed by atoms with E-state index in [1.807, 2.05) is 0 Å². The highest BCUT2D eigenvalue weighted by Crippen LogP contribution is 2.05. The number of unbranched alkanes of at least 4 members (excludes halogenated alkanes) is 3. The highest BCUT2D eigenvalue weighted by atomic mass is 16.4. The maximum absolute atomic E-state index is 10.5. The van der Waals surface area contributed by atoms with Crippen LogP contribution >= 0.6 is 0 Å². The SMILES string of the molecule is C=C[C@@H](C#CC#C[C@H](O)CCCCCC)CC(=O)O. The molecule has 2 atom stereocenters. The Labute approximate surface area is 115 Å². The molecule has 0 saturated heterocycles. The molecule has 0 aliphatic rings. The standard InChI is InChI=1S/C16H22O3/c1-3-5-6-7-11-15(17)12-9-8-10-14(4-2)13-16(18)19/h4,14-15,17H,2-3,5-7,11,13H2,1H3,(H,18,19)/t14-,15+/m0/s1. The van der Waals surface area contributed by atoms with E-state index in [1.165, 1.54) is 18.9 Å². The maximum atomic E-state index is 10.5. The minimum Gasteiger partial charge on any atom is -0.481 e. The van der Waals surface area contributed by atoms with Gasteiger partial charge < -0.3 is 10.2 Å². The Kier molecular flexibility index (Phi) is 10.4. The van der Waals surface area contributed by atoms with Gasteiger partial charge in [-0.05, 0) is 24.7 Å². The van der Waals surface area contributed by atoms with Crippen molar-refractivity contribution in [3.05, 3.63) is 12.7 Å². The molecule has 3 heteroatoms.